The van der Waals surface area contributed by atoms with Crippen molar-refractivity contribution < 1.29 is 4.52 Å². The first-order chi connectivity index (χ1) is 8.48. The fraction of sp³-hybridized carbons (Fsp3) is 0.500. The highest BCUT2D eigenvalue weighted by molar-refractivity contribution is 7.15. The van der Waals surface area contributed by atoms with Crippen molar-refractivity contribution in [3.8, 4) is 10.6 Å². The van der Waals surface area contributed by atoms with E-state index in [0.29, 0.717) is 0 Å². The number of thiophene rings is 1. The molecule has 2 heterocycles. The monoisotopic (exact) mass is 264 g/mol. The summed E-state index contributed by atoms with van der Waals surface area (Å²) < 4.78 is 5.39. The third-order valence-corrected chi connectivity index (χ3v) is 3.86. The molecule has 1 N–H and O–H groups in total. The average molecular weight is 264 g/mol. The number of hydrogen-bond acceptors (Lipinski definition) is 4. The molecule has 0 aliphatic rings. The second kappa shape index (κ2) is 5.24. The zero-order valence-corrected chi connectivity index (χ0v) is 12.2. The lowest BCUT2D eigenvalue weighted by molar-refractivity contribution is 0.393. The summed E-state index contributed by atoms with van der Waals surface area (Å²) in [6.45, 7) is 9.32. The number of nitrogens with zero attached hydrogens (tertiary/aromatic N) is 1. The van der Waals surface area contributed by atoms with Crippen molar-refractivity contribution in [2.75, 3.05) is 0 Å². The molecule has 98 valence electrons. The molecule has 2 aromatic rings. The molecule has 0 radical (unpaired) electrons. The van der Waals surface area contributed by atoms with Crippen molar-refractivity contribution in [2.45, 2.75) is 46.2 Å². The van der Waals surface area contributed by atoms with Crippen LogP contribution in [0.3, 0.4) is 0 Å². The van der Waals surface area contributed by atoms with Crippen LogP contribution in [0.15, 0.2) is 22.7 Å². The molecule has 0 bridgehead atoms. The van der Waals surface area contributed by atoms with Crippen LogP contribution in [-0.4, -0.2) is 10.7 Å². The van der Waals surface area contributed by atoms with E-state index in [1.807, 2.05) is 6.07 Å². The third kappa shape index (κ3) is 3.43. The van der Waals surface area contributed by atoms with E-state index in [1.165, 1.54) is 4.88 Å². The van der Waals surface area contributed by atoms with Gasteiger partial charge in [-0.15, -0.1) is 11.3 Å². The molecule has 18 heavy (non-hydrogen) atoms. The Hall–Kier alpha value is -1.13. The lowest BCUT2D eigenvalue weighted by Gasteiger charge is -2.19. The minimum absolute atomic E-state index is 0.0947. The Kier molecular flexibility index (Phi) is 3.88. The molecular formula is C14H20N2OS. The van der Waals surface area contributed by atoms with Crippen LogP contribution in [0.5, 0.6) is 0 Å². The van der Waals surface area contributed by atoms with Gasteiger partial charge in [0.2, 0.25) is 0 Å². The van der Waals surface area contributed by atoms with E-state index in [4.69, 9.17) is 4.52 Å². The summed E-state index contributed by atoms with van der Waals surface area (Å²) in [4.78, 5) is 2.53. The van der Waals surface area contributed by atoms with E-state index in [0.717, 1.165) is 29.3 Å². The van der Waals surface area contributed by atoms with Crippen molar-refractivity contribution >= 4 is 11.3 Å². The molecule has 0 fully saturated rings. The predicted molar refractivity (Wildman–Crippen MR) is 75.8 cm³/mol. The molecule has 0 atom stereocenters. The van der Waals surface area contributed by atoms with Crippen LogP contribution in [0.2, 0.25) is 0 Å². The van der Waals surface area contributed by atoms with E-state index >= 15 is 0 Å². The Morgan fingerprint density at radius 2 is 2.11 bits per heavy atom. The molecule has 0 saturated heterocycles. The van der Waals surface area contributed by atoms with E-state index in [1.54, 1.807) is 11.3 Å². The summed E-state index contributed by atoms with van der Waals surface area (Å²) >= 11 is 1.77. The molecule has 0 amide bonds. The standard InChI is InChI=1S/C14H20N2OS/c1-5-11-6-7-13(18-11)12-8-10(16-17-12)9-15-14(2,3)4/h6-8,15H,5,9H2,1-4H3. The van der Waals surface area contributed by atoms with Crippen LogP contribution in [-0.2, 0) is 13.0 Å². The zero-order valence-electron chi connectivity index (χ0n) is 11.4. The number of rotatable bonds is 4. The molecule has 3 nitrogen and oxygen atoms in total. The summed E-state index contributed by atoms with van der Waals surface area (Å²) in [5.74, 6) is 0.866. The van der Waals surface area contributed by atoms with E-state index in [9.17, 15) is 0 Å². The average Bonchev–Trinajstić information content (AvgIpc) is 2.94. The molecule has 2 aromatic heterocycles. The van der Waals surface area contributed by atoms with Crippen molar-refractivity contribution in [3.05, 3.63) is 28.8 Å². The van der Waals surface area contributed by atoms with Crippen LogP contribution in [0.4, 0.5) is 0 Å². The summed E-state index contributed by atoms with van der Waals surface area (Å²) in [7, 11) is 0. The van der Waals surface area contributed by atoms with Gasteiger partial charge < -0.3 is 9.84 Å². The maximum absolute atomic E-state index is 5.39. The molecule has 0 spiro atoms. The van der Waals surface area contributed by atoms with Gasteiger partial charge in [0.25, 0.3) is 0 Å². The van der Waals surface area contributed by atoms with Crippen molar-refractivity contribution in [1.29, 1.82) is 0 Å². The molecular weight excluding hydrogens is 244 g/mol. The summed E-state index contributed by atoms with van der Waals surface area (Å²) in [6.07, 6.45) is 1.07. The molecule has 2 rings (SSSR count). The predicted octanol–water partition coefficient (Wildman–Crippen LogP) is 3.85. The minimum atomic E-state index is 0.0947. The third-order valence-electron chi connectivity index (χ3n) is 2.61. The largest absolute Gasteiger partial charge is 0.355 e. The lowest BCUT2D eigenvalue weighted by atomic mass is 10.1. The topological polar surface area (TPSA) is 38.1 Å². The van der Waals surface area contributed by atoms with Crippen molar-refractivity contribution in [2.24, 2.45) is 0 Å². The smallest absolute Gasteiger partial charge is 0.177 e. The maximum atomic E-state index is 5.39. The first-order valence-electron chi connectivity index (χ1n) is 6.27. The van der Waals surface area contributed by atoms with Gasteiger partial charge in [0.15, 0.2) is 5.76 Å². The van der Waals surface area contributed by atoms with Crippen LogP contribution >= 0.6 is 11.3 Å². The highest BCUT2D eigenvalue weighted by Crippen LogP contribution is 2.28. The normalized spacial score (nSPS) is 12.0. The highest BCUT2D eigenvalue weighted by Gasteiger charge is 2.12. The van der Waals surface area contributed by atoms with Gasteiger partial charge in [-0.3, -0.25) is 0 Å². The van der Waals surface area contributed by atoms with Gasteiger partial charge in [0, 0.05) is 23.0 Å². The molecule has 0 aliphatic carbocycles. The number of nitrogens with one attached hydrogen (secondary N) is 1. The Bertz CT molecular complexity index is 508. The Balaban J connectivity index is 2.06. The van der Waals surface area contributed by atoms with Gasteiger partial charge in [0.05, 0.1) is 10.6 Å². The van der Waals surface area contributed by atoms with Crippen LogP contribution in [0.1, 0.15) is 38.3 Å². The first kappa shape index (κ1) is 13.3. The molecule has 0 aliphatic heterocycles. The minimum Gasteiger partial charge on any atom is -0.355 e. The second-order valence-corrected chi connectivity index (χ2v) is 6.57. The van der Waals surface area contributed by atoms with Gasteiger partial charge in [-0.05, 0) is 39.3 Å². The quantitative estimate of drug-likeness (QED) is 0.911. The molecule has 0 unspecified atom stereocenters. The van der Waals surface area contributed by atoms with E-state index in [2.05, 4.69) is 50.3 Å². The van der Waals surface area contributed by atoms with Crippen LogP contribution < -0.4 is 5.32 Å². The fourth-order valence-electron chi connectivity index (χ4n) is 1.57. The highest BCUT2D eigenvalue weighted by atomic mass is 32.1. The lowest BCUT2D eigenvalue weighted by Crippen LogP contribution is -2.35. The van der Waals surface area contributed by atoms with Crippen molar-refractivity contribution in [3.63, 3.8) is 0 Å². The van der Waals surface area contributed by atoms with Crippen LogP contribution in [0, 0.1) is 0 Å². The van der Waals surface area contributed by atoms with E-state index < -0.39 is 0 Å². The number of aromatic nitrogens is 1. The Morgan fingerprint density at radius 1 is 1.33 bits per heavy atom. The Labute approximate surface area is 112 Å². The number of aryl methyl sites for hydroxylation is 1. The molecule has 0 saturated carbocycles. The summed E-state index contributed by atoms with van der Waals surface area (Å²) in [6, 6.07) is 6.27. The number of hydrogen-bond donors (Lipinski definition) is 1. The van der Waals surface area contributed by atoms with Gasteiger partial charge in [-0.2, -0.15) is 0 Å². The maximum Gasteiger partial charge on any atom is 0.177 e. The first-order valence-corrected chi connectivity index (χ1v) is 7.09. The zero-order chi connectivity index (χ0) is 13.2. The van der Waals surface area contributed by atoms with Gasteiger partial charge in [-0.1, -0.05) is 12.1 Å². The van der Waals surface area contributed by atoms with Crippen molar-refractivity contribution in [1.82, 2.24) is 10.5 Å². The molecule has 0 aromatic carbocycles. The van der Waals surface area contributed by atoms with Gasteiger partial charge >= 0.3 is 0 Å². The summed E-state index contributed by atoms with van der Waals surface area (Å²) in [5.41, 5.74) is 1.05. The van der Waals surface area contributed by atoms with Gasteiger partial charge in [0.1, 0.15) is 0 Å². The Morgan fingerprint density at radius 3 is 2.72 bits per heavy atom. The molecule has 4 heteroatoms. The van der Waals surface area contributed by atoms with E-state index in [-0.39, 0.29) is 5.54 Å². The van der Waals surface area contributed by atoms with Gasteiger partial charge in [-0.25, -0.2) is 0 Å². The van der Waals surface area contributed by atoms with Crippen LogP contribution in [0.25, 0.3) is 10.6 Å². The summed E-state index contributed by atoms with van der Waals surface area (Å²) in [5, 5.41) is 7.50. The SMILES string of the molecule is CCc1ccc(-c2cc(CNC(C)(C)C)no2)s1. The second-order valence-electron chi connectivity index (χ2n) is 5.41. The fourth-order valence-corrected chi connectivity index (χ4v) is 2.46.